The molecule has 0 amide bonds. The molecule has 0 radical (unpaired) electrons. The molecule has 0 aliphatic carbocycles. The zero-order valence-electron chi connectivity index (χ0n) is 13.0. The van der Waals surface area contributed by atoms with Crippen LogP contribution >= 0.6 is 0 Å². The lowest BCUT2D eigenvalue weighted by atomic mass is 10.1. The standard InChI is InChI=1S/C14H23N3O6/c1-9-7-17(14(22)15-13(9)21)12-6-10(11(8-20)23-12)16(2-4-18)3-5-19/h7,10-12,18-20H,2-6,8H2,1H3,(H,15,21,22)/t10-,11+,12+/m0/s1. The first-order valence-electron chi connectivity index (χ1n) is 7.56. The molecule has 2 heterocycles. The molecule has 9 heteroatoms. The third-order valence-electron chi connectivity index (χ3n) is 4.08. The molecule has 0 saturated carbocycles. The average molecular weight is 329 g/mol. The molecular weight excluding hydrogens is 306 g/mol. The molecule has 0 unspecified atom stereocenters. The van der Waals surface area contributed by atoms with E-state index < -0.39 is 23.6 Å². The third-order valence-corrected chi connectivity index (χ3v) is 4.08. The fourth-order valence-corrected chi connectivity index (χ4v) is 2.93. The lowest BCUT2D eigenvalue weighted by Crippen LogP contribution is -2.45. The molecule has 9 nitrogen and oxygen atoms in total. The van der Waals surface area contributed by atoms with E-state index in [0.29, 0.717) is 25.1 Å². The van der Waals surface area contributed by atoms with Crippen molar-refractivity contribution in [2.75, 3.05) is 32.9 Å². The van der Waals surface area contributed by atoms with Crippen molar-refractivity contribution in [2.45, 2.75) is 31.7 Å². The quantitative estimate of drug-likeness (QED) is 0.446. The van der Waals surface area contributed by atoms with Gasteiger partial charge in [-0.25, -0.2) is 4.79 Å². The first kappa shape index (κ1) is 17.8. The molecule has 1 fully saturated rings. The minimum atomic E-state index is -0.625. The minimum Gasteiger partial charge on any atom is -0.395 e. The lowest BCUT2D eigenvalue weighted by Gasteiger charge is -2.29. The average Bonchev–Trinajstić information content (AvgIpc) is 2.94. The zero-order chi connectivity index (χ0) is 17.0. The first-order chi connectivity index (χ1) is 11.0. The van der Waals surface area contributed by atoms with E-state index in [2.05, 4.69) is 4.98 Å². The van der Waals surface area contributed by atoms with Crippen molar-refractivity contribution in [1.82, 2.24) is 14.5 Å². The molecule has 1 saturated heterocycles. The largest absolute Gasteiger partial charge is 0.395 e. The Labute approximate surface area is 132 Å². The van der Waals surface area contributed by atoms with Gasteiger partial charge in [-0.2, -0.15) is 0 Å². The van der Waals surface area contributed by atoms with Gasteiger partial charge in [-0.15, -0.1) is 0 Å². The Morgan fingerprint density at radius 1 is 1.30 bits per heavy atom. The number of aromatic nitrogens is 2. The topological polar surface area (TPSA) is 128 Å². The summed E-state index contributed by atoms with van der Waals surface area (Å²) in [5.74, 6) is 0. The summed E-state index contributed by atoms with van der Waals surface area (Å²) in [5.41, 5.74) is -0.625. The summed E-state index contributed by atoms with van der Waals surface area (Å²) in [5, 5.41) is 27.8. The summed E-state index contributed by atoms with van der Waals surface area (Å²) in [7, 11) is 0. The van der Waals surface area contributed by atoms with E-state index in [1.165, 1.54) is 10.8 Å². The van der Waals surface area contributed by atoms with Gasteiger partial charge < -0.3 is 20.1 Å². The number of rotatable bonds is 7. The zero-order valence-corrected chi connectivity index (χ0v) is 13.0. The number of hydrogen-bond donors (Lipinski definition) is 4. The molecule has 0 bridgehead atoms. The van der Waals surface area contributed by atoms with Crippen molar-refractivity contribution in [1.29, 1.82) is 0 Å². The molecule has 130 valence electrons. The van der Waals surface area contributed by atoms with Gasteiger partial charge in [0, 0.05) is 37.3 Å². The highest BCUT2D eigenvalue weighted by molar-refractivity contribution is 5.02. The van der Waals surface area contributed by atoms with Crippen molar-refractivity contribution >= 4 is 0 Å². The normalized spacial score (nSPS) is 24.5. The second-order valence-corrected chi connectivity index (χ2v) is 5.58. The summed E-state index contributed by atoms with van der Waals surface area (Å²) in [4.78, 5) is 27.5. The highest BCUT2D eigenvalue weighted by Crippen LogP contribution is 2.30. The van der Waals surface area contributed by atoms with E-state index in [9.17, 15) is 14.7 Å². The maximum Gasteiger partial charge on any atom is 0.330 e. The molecule has 23 heavy (non-hydrogen) atoms. The third kappa shape index (κ3) is 3.88. The number of aliphatic hydroxyl groups is 3. The SMILES string of the molecule is Cc1cn([C@H]2C[C@H](N(CCO)CCO)[C@@H](CO)O2)c(=O)[nH]c1=O. The van der Waals surface area contributed by atoms with Crippen LogP contribution in [0.4, 0.5) is 0 Å². The second-order valence-electron chi connectivity index (χ2n) is 5.58. The van der Waals surface area contributed by atoms with Crippen LogP contribution < -0.4 is 11.2 Å². The Balaban J connectivity index is 2.26. The van der Waals surface area contributed by atoms with Gasteiger partial charge in [0.25, 0.3) is 5.56 Å². The molecule has 1 aliphatic heterocycles. The molecule has 0 spiro atoms. The van der Waals surface area contributed by atoms with Crippen LogP contribution in [0.15, 0.2) is 15.8 Å². The van der Waals surface area contributed by atoms with Crippen LogP contribution in [0.1, 0.15) is 18.2 Å². The summed E-state index contributed by atoms with van der Waals surface area (Å²) >= 11 is 0. The van der Waals surface area contributed by atoms with Crippen LogP contribution in [0.25, 0.3) is 0 Å². The van der Waals surface area contributed by atoms with Crippen LogP contribution in [0.2, 0.25) is 0 Å². The highest BCUT2D eigenvalue weighted by atomic mass is 16.5. The van der Waals surface area contributed by atoms with Crippen molar-refractivity contribution in [3.8, 4) is 0 Å². The molecule has 4 N–H and O–H groups in total. The van der Waals surface area contributed by atoms with Crippen molar-refractivity contribution in [3.05, 3.63) is 32.6 Å². The van der Waals surface area contributed by atoms with Crippen molar-refractivity contribution in [2.24, 2.45) is 0 Å². The van der Waals surface area contributed by atoms with Gasteiger partial charge in [0.1, 0.15) is 6.23 Å². The molecular formula is C14H23N3O6. The van der Waals surface area contributed by atoms with E-state index in [1.807, 2.05) is 4.90 Å². The second kappa shape index (κ2) is 7.84. The summed E-state index contributed by atoms with van der Waals surface area (Å²) in [6.45, 7) is 1.84. The van der Waals surface area contributed by atoms with E-state index in [-0.39, 0.29) is 25.9 Å². The smallest absolute Gasteiger partial charge is 0.330 e. The van der Waals surface area contributed by atoms with Crippen LogP contribution in [-0.2, 0) is 4.74 Å². The number of ether oxygens (including phenoxy) is 1. The van der Waals surface area contributed by atoms with E-state index in [0.717, 1.165) is 0 Å². The van der Waals surface area contributed by atoms with Crippen LogP contribution in [0.5, 0.6) is 0 Å². The molecule has 1 aromatic rings. The van der Waals surface area contributed by atoms with E-state index >= 15 is 0 Å². The van der Waals surface area contributed by atoms with E-state index in [4.69, 9.17) is 14.9 Å². The van der Waals surface area contributed by atoms with Gasteiger partial charge in [0.15, 0.2) is 0 Å². The molecule has 1 aliphatic rings. The molecule has 1 aromatic heterocycles. The van der Waals surface area contributed by atoms with Crippen LogP contribution in [0, 0.1) is 6.92 Å². The predicted molar refractivity (Wildman–Crippen MR) is 81.2 cm³/mol. The predicted octanol–water partition coefficient (Wildman–Crippen LogP) is -2.22. The van der Waals surface area contributed by atoms with E-state index in [1.54, 1.807) is 6.92 Å². The van der Waals surface area contributed by atoms with Gasteiger partial charge in [-0.05, 0) is 6.92 Å². The van der Waals surface area contributed by atoms with Gasteiger partial charge in [0.2, 0.25) is 0 Å². The molecule has 3 atom stereocenters. The van der Waals surface area contributed by atoms with Gasteiger partial charge >= 0.3 is 5.69 Å². The van der Waals surface area contributed by atoms with Crippen molar-refractivity contribution < 1.29 is 20.1 Å². The Hall–Kier alpha value is -1.52. The summed E-state index contributed by atoms with van der Waals surface area (Å²) in [6, 6.07) is -0.247. The van der Waals surface area contributed by atoms with Gasteiger partial charge in [0.05, 0.1) is 25.9 Å². The van der Waals surface area contributed by atoms with Crippen LogP contribution in [0.3, 0.4) is 0 Å². The number of nitrogens with one attached hydrogen (secondary N) is 1. The number of H-pyrrole nitrogens is 1. The minimum absolute atomic E-state index is 0.0863. The Morgan fingerprint density at radius 2 is 1.96 bits per heavy atom. The van der Waals surface area contributed by atoms with Crippen molar-refractivity contribution in [3.63, 3.8) is 0 Å². The Kier molecular flexibility index (Phi) is 6.08. The number of hydrogen-bond acceptors (Lipinski definition) is 7. The number of aromatic amines is 1. The van der Waals surface area contributed by atoms with Gasteiger partial charge in [-0.3, -0.25) is 19.2 Å². The van der Waals surface area contributed by atoms with Gasteiger partial charge in [-0.1, -0.05) is 0 Å². The first-order valence-corrected chi connectivity index (χ1v) is 7.56. The number of aryl methyl sites for hydroxylation is 1. The molecule has 0 aromatic carbocycles. The number of aliphatic hydroxyl groups excluding tert-OH is 3. The lowest BCUT2D eigenvalue weighted by molar-refractivity contribution is -0.0408. The summed E-state index contributed by atoms with van der Waals surface area (Å²) < 4.78 is 7.05. The Morgan fingerprint density at radius 3 is 2.52 bits per heavy atom. The number of nitrogens with zero attached hydrogens (tertiary/aromatic N) is 2. The maximum atomic E-state index is 12.0. The fraction of sp³-hybridized carbons (Fsp3) is 0.714. The molecule has 2 rings (SSSR count). The maximum absolute atomic E-state index is 12.0. The monoisotopic (exact) mass is 329 g/mol. The summed E-state index contributed by atoms with van der Waals surface area (Å²) in [6.07, 6.45) is 0.666. The fourth-order valence-electron chi connectivity index (χ4n) is 2.93. The Bertz CT molecular complexity index is 622. The highest BCUT2D eigenvalue weighted by Gasteiger charge is 2.39. The van der Waals surface area contributed by atoms with Crippen LogP contribution in [-0.4, -0.2) is 74.8 Å².